The first-order valence-electron chi connectivity index (χ1n) is 7.43. The standard InChI is InChI=1S/C17H29NO/c1-7-17(6,19-9-3)16(18-8-2)15-12-10-11-13(4)14(15)5/h10-12,16,18H,7-9H2,1-6H3. The molecule has 2 atom stereocenters. The average Bonchev–Trinajstić information content (AvgIpc) is 2.40. The maximum atomic E-state index is 6.08. The SMILES string of the molecule is CCNC(c1cccc(C)c1C)C(C)(CC)OCC. The molecule has 1 aromatic rings. The molecule has 0 saturated heterocycles. The van der Waals surface area contributed by atoms with Gasteiger partial charge in [-0.1, -0.05) is 32.0 Å². The zero-order valence-corrected chi connectivity index (χ0v) is 13.3. The summed E-state index contributed by atoms with van der Waals surface area (Å²) in [5.74, 6) is 0. The summed E-state index contributed by atoms with van der Waals surface area (Å²) in [6.45, 7) is 14.7. The van der Waals surface area contributed by atoms with Gasteiger partial charge in [-0.2, -0.15) is 0 Å². The van der Waals surface area contributed by atoms with Gasteiger partial charge in [-0.05, 0) is 57.4 Å². The average molecular weight is 263 g/mol. The largest absolute Gasteiger partial charge is 0.374 e. The molecule has 0 fully saturated rings. The molecular weight excluding hydrogens is 234 g/mol. The molecule has 0 aromatic heterocycles. The number of hydrogen-bond acceptors (Lipinski definition) is 2. The third-order valence-corrected chi connectivity index (χ3v) is 4.15. The topological polar surface area (TPSA) is 21.3 Å². The number of rotatable bonds is 7. The Labute approximate surface area is 118 Å². The molecule has 2 heteroatoms. The van der Waals surface area contributed by atoms with Gasteiger partial charge in [0.25, 0.3) is 0 Å². The number of ether oxygens (including phenoxy) is 1. The lowest BCUT2D eigenvalue weighted by Gasteiger charge is -2.38. The van der Waals surface area contributed by atoms with E-state index in [4.69, 9.17) is 4.74 Å². The zero-order chi connectivity index (χ0) is 14.5. The second-order valence-electron chi connectivity index (χ2n) is 5.38. The van der Waals surface area contributed by atoms with Crippen molar-refractivity contribution in [3.8, 4) is 0 Å². The fourth-order valence-corrected chi connectivity index (χ4v) is 2.66. The van der Waals surface area contributed by atoms with E-state index < -0.39 is 0 Å². The smallest absolute Gasteiger partial charge is 0.0845 e. The second kappa shape index (κ2) is 7.06. The van der Waals surface area contributed by atoms with Gasteiger partial charge in [0, 0.05) is 6.61 Å². The van der Waals surface area contributed by atoms with Crippen LogP contribution in [0.25, 0.3) is 0 Å². The molecule has 0 aliphatic heterocycles. The summed E-state index contributed by atoms with van der Waals surface area (Å²) in [5.41, 5.74) is 3.91. The minimum Gasteiger partial charge on any atom is -0.374 e. The Bertz CT molecular complexity index is 402. The van der Waals surface area contributed by atoms with E-state index in [9.17, 15) is 0 Å². The molecule has 1 aromatic carbocycles. The van der Waals surface area contributed by atoms with Gasteiger partial charge in [0.1, 0.15) is 0 Å². The van der Waals surface area contributed by atoms with Crippen LogP contribution in [0.2, 0.25) is 0 Å². The van der Waals surface area contributed by atoms with Crippen LogP contribution >= 0.6 is 0 Å². The molecule has 0 bridgehead atoms. The summed E-state index contributed by atoms with van der Waals surface area (Å²) in [4.78, 5) is 0. The highest BCUT2D eigenvalue weighted by molar-refractivity contribution is 5.36. The first-order chi connectivity index (χ1) is 9.00. The normalized spacial score (nSPS) is 16.1. The van der Waals surface area contributed by atoms with Crippen molar-refractivity contribution in [1.82, 2.24) is 5.32 Å². The van der Waals surface area contributed by atoms with Gasteiger partial charge >= 0.3 is 0 Å². The van der Waals surface area contributed by atoms with E-state index in [0.29, 0.717) is 0 Å². The highest BCUT2D eigenvalue weighted by atomic mass is 16.5. The molecule has 1 N–H and O–H groups in total. The van der Waals surface area contributed by atoms with Crippen molar-refractivity contribution in [3.05, 3.63) is 34.9 Å². The lowest BCUT2D eigenvalue weighted by Crippen LogP contribution is -2.44. The van der Waals surface area contributed by atoms with Crippen molar-refractivity contribution in [2.45, 2.75) is 59.6 Å². The number of aryl methyl sites for hydroxylation is 1. The monoisotopic (exact) mass is 263 g/mol. The minimum absolute atomic E-state index is 0.163. The van der Waals surface area contributed by atoms with Crippen molar-refractivity contribution in [2.24, 2.45) is 0 Å². The van der Waals surface area contributed by atoms with Crippen LogP contribution in [0.5, 0.6) is 0 Å². The van der Waals surface area contributed by atoms with E-state index in [1.807, 2.05) is 0 Å². The molecule has 0 aliphatic rings. The summed E-state index contributed by atoms with van der Waals surface area (Å²) in [6, 6.07) is 6.78. The van der Waals surface area contributed by atoms with E-state index >= 15 is 0 Å². The van der Waals surface area contributed by atoms with E-state index in [0.717, 1.165) is 19.6 Å². The van der Waals surface area contributed by atoms with Gasteiger partial charge in [0.2, 0.25) is 0 Å². The van der Waals surface area contributed by atoms with Crippen LogP contribution in [0.4, 0.5) is 0 Å². The summed E-state index contributed by atoms with van der Waals surface area (Å²) in [7, 11) is 0. The first kappa shape index (κ1) is 16.2. The Kier molecular flexibility index (Phi) is 6.02. The van der Waals surface area contributed by atoms with Gasteiger partial charge in [0.15, 0.2) is 0 Å². The summed E-state index contributed by atoms with van der Waals surface area (Å²) < 4.78 is 6.08. The number of hydrogen-bond donors (Lipinski definition) is 1. The van der Waals surface area contributed by atoms with Gasteiger partial charge < -0.3 is 10.1 Å². The van der Waals surface area contributed by atoms with Crippen molar-refractivity contribution in [3.63, 3.8) is 0 Å². The molecule has 1 rings (SSSR count). The molecule has 0 spiro atoms. The van der Waals surface area contributed by atoms with Gasteiger partial charge in [-0.15, -0.1) is 0 Å². The predicted molar refractivity (Wildman–Crippen MR) is 82.7 cm³/mol. The fourth-order valence-electron chi connectivity index (χ4n) is 2.66. The molecule has 0 heterocycles. The third kappa shape index (κ3) is 3.58. The Morgan fingerprint density at radius 3 is 2.42 bits per heavy atom. The summed E-state index contributed by atoms with van der Waals surface area (Å²) in [5, 5.41) is 3.62. The lowest BCUT2D eigenvalue weighted by molar-refractivity contribution is -0.0561. The molecule has 108 valence electrons. The molecule has 2 nitrogen and oxygen atoms in total. The lowest BCUT2D eigenvalue weighted by atomic mass is 9.84. The molecule has 0 amide bonds. The number of benzene rings is 1. The van der Waals surface area contributed by atoms with Crippen LogP contribution in [0.15, 0.2) is 18.2 Å². The minimum atomic E-state index is -0.163. The van der Waals surface area contributed by atoms with Gasteiger partial charge in [-0.25, -0.2) is 0 Å². The van der Waals surface area contributed by atoms with Crippen molar-refractivity contribution >= 4 is 0 Å². The molecule has 2 unspecified atom stereocenters. The van der Waals surface area contributed by atoms with E-state index in [2.05, 4.69) is 65.1 Å². The van der Waals surface area contributed by atoms with Crippen LogP contribution in [0, 0.1) is 13.8 Å². The first-order valence-corrected chi connectivity index (χ1v) is 7.43. The summed E-state index contributed by atoms with van der Waals surface area (Å²) in [6.07, 6.45) is 0.992. The highest BCUT2D eigenvalue weighted by Gasteiger charge is 2.34. The van der Waals surface area contributed by atoms with Crippen LogP contribution < -0.4 is 5.32 Å². The Morgan fingerprint density at radius 2 is 1.89 bits per heavy atom. The van der Waals surface area contributed by atoms with Gasteiger partial charge in [-0.3, -0.25) is 0 Å². The van der Waals surface area contributed by atoms with Crippen molar-refractivity contribution < 1.29 is 4.74 Å². The Hall–Kier alpha value is -0.860. The Morgan fingerprint density at radius 1 is 1.21 bits per heavy atom. The molecular formula is C17H29NO. The maximum Gasteiger partial charge on any atom is 0.0845 e. The fraction of sp³-hybridized carbons (Fsp3) is 0.647. The number of nitrogens with one attached hydrogen (secondary N) is 1. The van der Waals surface area contributed by atoms with E-state index in [1.54, 1.807) is 0 Å². The Balaban J connectivity index is 3.22. The predicted octanol–water partition coefficient (Wildman–Crippen LogP) is 4.16. The molecule has 0 saturated carbocycles. The maximum absolute atomic E-state index is 6.08. The zero-order valence-electron chi connectivity index (χ0n) is 13.3. The van der Waals surface area contributed by atoms with Crippen LogP contribution in [0.3, 0.4) is 0 Å². The highest BCUT2D eigenvalue weighted by Crippen LogP contribution is 2.34. The second-order valence-corrected chi connectivity index (χ2v) is 5.38. The van der Waals surface area contributed by atoms with E-state index in [1.165, 1.54) is 16.7 Å². The van der Waals surface area contributed by atoms with Crippen LogP contribution in [-0.2, 0) is 4.74 Å². The molecule has 19 heavy (non-hydrogen) atoms. The van der Waals surface area contributed by atoms with Crippen molar-refractivity contribution in [2.75, 3.05) is 13.2 Å². The van der Waals surface area contributed by atoms with Crippen molar-refractivity contribution in [1.29, 1.82) is 0 Å². The quantitative estimate of drug-likeness (QED) is 0.797. The summed E-state index contributed by atoms with van der Waals surface area (Å²) >= 11 is 0. The molecule has 0 radical (unpaired) electrons. The van der Waals surface area contributed by atoms with E-state index in [-0.39, 0.29) is 11.6 Å². The third-order valence-electron chi connectivity index (χ3n) is 4.15. The molecule has 0 aliphatic carbocycles. The van der Waals surface area contributed by atoms with Crippen LogP contribution in [-0.4, -0.2) is 18.8 Å². The number of likely N-dealkylation sites (N-methyl/N-ethyl adjacent to an activating group) is 1. The van der Waals surface area contributed by atoms with Gasteiger partial charge in [0.05, 0.1) is 11.6 Å². The van der Waals surface area contributed by atoms with Crippen LogP contribution in [0.1, 0.15) is 56.8 Å².